The fraction of sp³-hybridized carbons (Fsp3) is 0.583. The normalized spacial score (nSPS) is 26.5. The van der Waals surface area contributed by atoms with E-state index in [0.717, 1.165) is 5.76 Å². The van der Waals surface area contributed by atoms with Crippen LogP contribution in [0.2, 0.25) is 0 Å². The number of hydrogen-bond acceptors (Lipinski definition) is 4. The van der Waals surface area contributed by atoms with Gasteiger partial charge in [-0.3, -0.25) is 9.69 Å². The Bertz CT molecular complexity index is 377. The summed E-state index contributed by atoms with van der Waals surface area (Å²) < 4.78 is 5.29. The Labute approximate surface area is 101 Å². The molecule has 0 aliphatic carbocycles. The van der Waals surface area contributed by atoms with Gasteiger partial charge in [0.15, 0.2) is 0 Å². The lowest BCUT2D eigenvalue weighted by Gasteiger charge is -2.42. The number of likely N-dealkylation sites (N-methyl/N-ethyl adjacent to an activating group) is 1. The zero-order valence-electron chi connectivity index (χ0n) is 10.2. The summed E-state index contributed by atoms with van der Waals surface area (Å²) in [5.74, 6) is 0.782. The molecule has 1 aromatic heterocycles. The number of hydrogen-bond donors (Lipinski definition) is 1. The summed E-state index contributed by atoms with van der Waals surface area (Å²) in [6, 6.07) is 3.45. The SMILES string of the molecule is CC1CN(C)C(=O)C(CO)N1Cc1ccco1. The van der Waals surface area contributed by atoms with Crippen LogP contribution in [0.4, 0.5) is 0 Å². The third-order valence-corrected chi connectivity index (χ3v) is 3.26. The number of aliphatic hydroxyl groups excluding tert-OH is 1. The zero-order chi connectivity index (χ0) is 12.4. The van der Waals surface area contributed by atoms with Crippen molar-refractivity contribution in [3.8, 4) is 0 Å². The van der Waals surface area contributed by atoms with Gasteiger partial charge in [0, 0.05) is 19.6 Å². The molecule has 2 atom stereocenters. The van der Waals surface area contributed by atoms with Crippen LogP contribution in [-0.2, 0) is 11.3 Å². The van der Waals surface area contributed by atoms with E-state index in [1.54, 1.807) is 18.2 Å². The Morgan fingerprint density at radius 3 is 2.94 bits per heavy atom. The monoisotopic (exact) mass is 238 g/mol. The molecule has 2 unspecified atom stereocenters. The number of carbonyl (C=O) groups is 1. The summed E-state index contributed by atoms with van der Waals surface area (Å²) in [5, 5.41) is 9.38. The van der Waals surface area contributed by atoms with Crippen LogP contribution in [0.1, 0.15) is 12.7 Å². The molecule has 0 aromatic carbocycles. The highest BCUT2D eigenvalue weighted by Gasteiger charge is 2.36. The number of aliphatic hydroxyl groups is 1. The molecule has 1 amide bonds. The van der Waals surface area contributed by atoms with Crippen LogP contribution < -0.4 is 0 Å². The van der Waals surface area contributed by atoms with Crippen LogP contribution in [0.25, 0.3) is 0 Å². The van der Waals surface area contributed by atoms with Crippen molar-refractivity contribution in [3.05, 3.63) is 24.2 Å². The van der Waals surface area contributed by atoms with E-state index in [0.29, 0.717) is 13.1 Å². The first kappa shape index (κ1) is 12.1. The highest BCUT2D eigenvalue weighted by Crippen LogP contribution is 2.19. The van der Waals surface area contributed by atoms with E-state index >= 15 is 0 Å². The van der Waals surface area contributed by atoms with Gasteiger partial charge in [0.1, 0.15) is 11.8 Å². The van der Waals surface area contributed by atoms with Crippen molar-refractivity contribution >= 4 is 5.91 Å². The van der Waals surface area contributed by atoms with Crippen molar-refractivity contribution in [2.24, 2.45) is 0 Å². The summed E-state index contributed by atoms with van der Waals surface area (Å²) in [5.41, 5.74) is 0. The summed E-state index contributed by atoms with van der Waals surface area (Å²) in [6.45, 7) is 3.12. The molecule has 0 spiro atoms. The third-order valence-electron chi connectivity index (χ3n) is 3.26. The van der Waals surface area contributed by atoms with Gasteiger partial charge in [-0.15, -0.1) is 0 Å². The average molecular weight is 238 g/mol. The lowest BCUT2D eigenvalue weighted by atomic mass is 10.1. The van der Waals surface area contributed by atoms with Gasteiger partial charge in [-0.25, -0.2) is 0 Å². The maximum Gasteiger partial charge on any atom is 0.242 e. The topological polar surface area (TPSA) is 56.9 Å². The number of amides is 1. The standard InChI is InChI=1S/C12H18N2O3/c1-9-6-13(2)12(16)11(8-15)14(9)7-10-4-3-5-17-10/h3-5,9,11,15H,6-8H2,1-2H3. The van der Waals surface area contributed by atoms with E-state index in [1.165, 1.54) is 0 Å². The molecule has 1 saturated heterocycles. The molecule has 17 heavy (non-hydrogen) atoms. The number of furan rings is 1. The van der Waals surface area contributed by atoms with E-state index in [4.69, 9.17) is 4.42 Å². The van der Waals surface area contributed by atoms with Crippen LogP contribution in [-0.4, -0.2) is 53.1 Å². The van der Waals surface area contributed by atoms with E-state index in [9.17, 15) is 9.90 Å². The highest BCUT2D eigenvalue weighted by atomic mass is 16.3. The maximum absolute atomic E-state index is 11.9. The van der Waals surface area contributed by atoms with E-state index in [2.05, 4.69) is 6.92 Å². The van der Waals surface area contributed by atoms with Crippen molar-refractivity contribution < 1.29 is 14.3 Å². The Morgan fingerprint density at radius 2 is 2.35 bits per heavy atom. The fourth-order valence-electron chi connectivity index (χ4n) is 2.33. The van der Waals surface area contributed by atoms with Gasteiger partial charge >= 0.3 is 0 Å². The number of rotatable bonds is 3. The molecule has 1 fully saturated rings. The predicted molar refractivity (Wildman–Crippen MR) is 62.2 cm³/mol. The fourth-order valence-corrected chi connectivity index (χ4v) is 2.33. The van der Waals surface area contributed by atoms with E-state index < -0.39 is 6.04 Å². The second kappa shape index (κ2) is 4.89. The maximum atomic E-state index is 11.9. The molecular weight excluding hydrogens is 220 g/mol. The molecule has 1 aliphatic rings. The Kier molecular flexibility index (Phi) is 3.49. The first-order valence-electron chi connectivity index (χ1n) is 5.77. The van der Waals surface area contributed by atoms with E-state index in [1.807, 2.05) is 17.0 Å². The summed E-state index contributed by atoms with van der Waals surface area (Å²) in [7, 11) is 1.77. The first-order chi connectivity index (χ1) is 8.13. The minimum Gasteiger partial charge on any atom is -0.468 e. The van der Waals surface area contributed by atoms with Gasteiger partial charge in [0.05, 0.1) is 19.4 Å². The van der Waals surface area contributed by atoms with Crippen molar-refractivity contribution in [2.75, 3.05) is 20.2 Å². The van der Waals surface area contributed by atoms with Crippen LogP contribution >= 0.6 is 0 Å². The molecule has 1 N–H and O–H groups in total. The second-order valence-corrected chi connectivity index (χ2v) is 4.52. The zero-order valence-corrected chi connectivity index (χ0v) is 10.2. The van der Waals surface area contributed by atoms with Gasteiger partial charge in [0.25, 0.3) is 0 Å². The van der Waals surface area contributed by atoms with Crippen molar-refractivity contribution in [2.45, 2.75) is 25.6 Å². The lowest BCUT2D eigenvalue weighted by Crippen LogP contribution is -2.60. The van der Waals surface area contributed by atoms with Crippen molar-refractivity contribution in [3.63, 3.8) is 0 Å². The molecule has 0 saturated carbocycles. The van der Waals surface area contributed by atoms with Gasteiger partial charge in [-0.05, 0) is 19.1 Å². The summed E-state index contributed by atoms with van der Waals surface area (Å²) in [4.78, 5) is 15.6. The molecular formula is C12H18N2O3. The Morgan fingerprint density at radius 1 is 1.59 bits per heavy atom. The van der Waals surface area contributed by atoms with Crippen LogP contribution in [0.3, 0.4) is 0 Å². The number of carbonyl (C=O) groups excluding carboxylic acids is 1. The second-order valence-electron chi connectivity index (χ2n) is 4.52. The minimum absolute atomic E-state index is 0.0304. The van der Waals surface area contributed by atoms with Gasteiger partial charge in [-0.2, -0.15) is 0 Å². The average Bonchev–Trinajstić information content (AvgIpc) is 2.79. The lowest BCUT2D eigenvalue weighted by molar-refractivity contribution is -0.145. The van der Waals surface area contributed by atoms with Crippen molar-refractivity contribution in [1.29, 1.82) is 0 Å². The molecule has 1 aromatic rings. The predicted octanol–water partition coefficient (Wildman–Crippen LogP) is 0.303. The quantitative estimate of drug-likeness (QED) is 0.823. The molecule has 0 radical (unpaired) electrons. The molecule has 2 rings (SSSR count). The van der Waals surface area contributed by atoms with E-state index in [-0.39, 0.29) is 18.6 Å². The van der Waals surface area contributed by atoms with Crippen LogP contribution in [0.5, 0.6) is 0 Å². The summed E-state index contributed by atoms with van der Waals surface area (Å²) >= 11 is 0. The largest absolute Gasteiger partial charge is 0.468 e. The third kappa shape index (κ3) is 2.35. The molecule has 1 aliphatic heterocycles. The van der Waals surface area contributed by atoms with Gasteiger partial charge in [0.2, 0.25) is 5.91 Å². The molecule has 2 heterocycles. The molecule has 0 bridgehead atoms. The summed E-state index contributed by atoms with van der Waals surface area (Å²) in [6.07, 6.45) is 1.62. The van der Waals surface area contributed by atoms with Crippen molar-refractivity contribution in [1.82, 2.24) is 9.80 Å². The van der Waals surface area contributed by atoms with Gasteiger partial charge < -0.3 is 14.4 Å². The smallest absolute Gasteiger partial charge is 0.242 e. The first-order valence-corrected chi connectivity index (χ1v) is 5.77. The van der Waals surface area contributed by atoms with Gasteiger partial charge in [-0.1, -0.05) is 0 Å². The molecule has 5 heteroatoms. The Hall–Kier alpha value is -1.33. The minimum atomic E-state index is -0.464. The molecule has 5 nitrogen and oxygen atoms in total. The number of nitrogens with zero attached hydrogens (tertiary/aromatic N) is 2. The highest BCUT2D eigenvalue weighted by molar-refractivity contribution is 5.82. The molecule has 94 valence electrons. The van der Waals surface area contributed by atoms with Crippen LogP contribution in [0.15, 0.2) is 22.8 Å². The van der Waals surface area contributed by atoms with Crippen LogP contribution in [0, 0.1) is 0 Å². The Balaban J connectivity index is 2.15. The number of piperazine rings is 1.